The van der Waals surface area contributed by atoms with Crippen LogP contribution in [-0.4, -0.2) is 5.11 Å². The first-order chi connectivity index (χ1) is 7.54. The summed E-state index contributed by atoms with van der Waals surface area (Å²) in [5, 5.41) is 9.75. The van der Waals surface area contributed by atoms with E-state index in [1.807, 2.05) is 13.0 Å². The summed E-state index contributed by atoms with van der Waals surface area (Å²) in [4.78, 5) is 0. The first-order valence-electron chi connectivity index (χ1n) is 6.01. The minimum absolute atomic E-state index is 0.193. The Morgan fingerprint density at radius 1 is 1.31 bits per heavy atom. The summed E-state index contributed by atoms with van der Waals surface area (Å²) in [5.74, 6) is 0.252. The lowest BCUT2D eigenvalue weighted by Gasteiger charge is -2.12. The van der Waals surface area contributed by atoms with Crippen LogP contribution in [0.5, 0.6) is 0 Å². The van der Waals surface area contributed by atoms with Crippen LogP contribution in [0.25, 0.3) is 0 Å². The van der Waals surface area contributed by atoms with E-state index >= 15 is 0 Å². The number of hydrogen-bond donors (Lipinski definition) is 1. The van der Waals surface area contributed by atoms with Crippen LogP contribution in [0.3, 0.4) is 0 Å². The number of benzene rings is 1. The Hall–Kier alpha value is -0.890. The molecular formula is C14H21FO. The predicted octanol–water partition coefficient (Wildman–Crippen LogP) is 3.86. The second-order valence-electron chi connectivity index (χ2n) is 4.75. The fourth-order valence-corrected chi connectivity index (χ4v) is 1.82. The van der Waals surface area contributed by atoms with Crippen LogP contribution in [0.15, 0.2) is 18.2 Å². The highest BCUT2D eigenvalue weighted by Crippen LogP contribution is 2.22. The van der Waals surface area contributed by atoms with Crippen molar-refractivity contribution in [1.82, 2.24) is 0 Å². The van der Waals surface area contributed by atoms with Gasteiger partial charge in [-0.1, -0.05) is 39.3 Å². The molecule has 1 aromatic carbocycles. The van der Waals surface area contributed by atoms with Crippen molar-refractivity contribution in [3.05, 3.63) is 35.1 Å². The van der Waals surface area contributed by atoms with Gasteiger partial charge < -0.3 is 5.11 Å². The van der Waals surface area contributed by atoms with Crippen molar-refractivity contribution in [2.45, 2.75) is 46.1 Å². The zero-order chi connectivity index (χ0) is 12.1. The lowest BCUT2D eigenvalue weighted by molar-refractivity contribution is 0.166. The zero-order valence-electron chi connectivity index (χ0n) is 10.3. The molecule has 2 heteroatoms. The van der Waals surface area contributed by atoms with Crippen molar-refractivity contribution in [2.75, 3.05) is 0 Å². The largest absolute Gasteiger partial charge is 0.388 e. The van der Waals surface area contributed by atoms with Crippen LogP contribution < -0.4 is 0 Å². The van der Waals surface area contributed by atoms with E-state index in [9.17, 15) is 9.50 Å². The van der Waals surface area contributed by atoms with Gasteiger partial charge in [0.05, 0.1) is 6.10 Å². The summed E-state index contributed by atoms with van der Waals surface area (Å²) in [5.41, 5.74) is 1.43. The molecular weight excluding hydrogens is 203 g/mol. The number of aliphatic hydroxyl groups is 1. The van der Waals surface area contributed by atoms with E-state index in [1.165, 1.54) is 6.07 Å². The van der Waals surface area contributed by atoms with Crippen molar-refractivity contribution >= 4 is 0 Å². The highest BCUT2D eigenvalue weighted by molar-refractivity contribution is 5.26. The van der Waals surface area contributed by atoms with Crippen LogP contribution in [0, 0.1) is 11.7 Å². The Balaban J connectivity index is 2.82. The van der Waals surface area contributed by atoms with Crippen molar-refractivity contribution < 1.29 is 9.50 Å². The molecule has 0 aliphatic rings. The van der Waals surface area contributed by atoms with Crippen LogP contribution in [0.1, 0.15) is 50.8 Å². The lowest BCUT2D eigenvalue weighted by atomic mass is 9.98. The maximum absolute atomic E-state index is 13.7. The number of rotatable bonds is 5. The first-order valence-corrected chi connectivity index (χ1v) is 6.01. The number of hydrogen-bond acceptors (Lipinski definition) is 1. The SMILES string of the molecule is CCC[C@@H](O)c1ccc(CC(C)C)c(F)c1. The van der Waals surface area contributed by atoms with Crippen LogP contribution in [0.2, 0.25) is 0 Å². The van der Waals surface area contributed by atoms with Crippen molar-refractivity contribution in [2.24, 2.45) is 5.92 Å². The molecule has 0 fully saturated rings. The Morgan fingerprint density at radius 2 is 2.00 bits per heavy atom. The highest BCUT2D eigenvalue weighted by atomic mass is 19.1. The van der Waals surface area contributed by atoms with Crippen molar-refractivity contribution in [1.29, 1.82) is 0 Å². The van der Waals surface area contributed by atoms with Crippen LogP contribution >= 0.6 is 0 Å². The third-order valence-corrected chi connectivity index (χ3v) is 2.65. The first kappa shape index (κ1) is 13.2. The van der Waals surface area contributed by atoms with E-state index in [-0.39, 0.29) is 5.82 Å². The Bertz CT molecular complexity index is 334. The summed E-state index contributed by atoms with van der Waals surface area (Å²) in [6.07, 6.45) is 1.79. The molecule has 0 unspecified atom stereocenters. The Morgan fingerprint density at radius 3 is 2.50 bits per heavy atom. The van der Waals surface area contributed by atoms with Gasteiger partial charge in [0, 0.05) is 0 Å². The monoisotopic (exact) mass is 224 g/mol. The molecule has 0 heterocycles. The second-order valence-corrected chi connectivity index (χ2v) is 4.75. The Kier molecular flexibility index (Phi) is 4.94. The molecule has 16 heavy (non-hydrogen) atoms. The van der Waals surface area contributed by atoms with Gasteiger partial charge >= 0.3 is 0 Å². The summed E-state index contributed by atoms with van der Waals surface area (Å²) < 4.78 is 13.7. The molecule has 0 saturated carbocycles. The van der Waals surface area contributed by atoms with E-state index in [1.54, 1.807) is 6.07 Å². The van der Waals surface area contributed by atoms with Gasteiger partial charge in [-0.05, 0) is 36.0 Å². The molecule has 1 aromatic rings. The van der Waals surface area contributed by atoms with E-state index in [0.717, 1.165) is 18.4 Å². The maximum Gasteiger partial charge on any atom is 0.126 e. The summed E-state index contributed by atoms with van der Waals surface area (Å²) >= 11 is 0. The molecule has 0 aliphatic carbocycles. The van der Waals surface area contributed by atoms with Crippen molar-refractivity contribution in [3.8, 4) is 0 Å². The fraction of sp³-hybridized carbons (Fsp3) is 0.571. The average molecular weight is 224 g/mol. The molecule has 0 bridgehead atoms. The molecule has 1 N–H and O–H groups in total. The minimum atomic E-state index is -0.535. The van der Waals surface area contributed by atoms with Gasteiger partial charge in [-0.25, -0.2) is 4.39 Å². The van der Waals surface area contributed by atoms with Gasteiger partial charge in [0.2, 0.25) is 0 Å². The molecule has 90 valence electrons. The quantitative estimate of drug-likeness (QED) is 0.805. The van der Waals surface area contributed by atoms with Crippen LogP contribution in [0.4, 0.5) is 4.39 Å². The van der Waals surface area contributed by atoms with Gasteiger partial charge in [0.25, 0.3) is 0 Å². The topological polar surface area (TPSA) is 20.2 Å². The van der Waals surface area contributed by atoms with Crippen LogP contribution in [-0.2, 0) is 6.42 Å². The molecule has 0 saturated heterocycles. The number of halogens is 1. The molecule has 0 aliphatic heterocycles. The maximum atomic E-state index is 13.7. The summed E-state index contributed by atoms with van der Waals surface area (Å²) in [7, 11) is 0. The summed E-state index contributed by atoms with van der Waals surface area (Å²) in [6.45, 7) is 6.14. The predicted molar refractivity (Wildman–Crippen MR) is 64.8 cm³/mol. The van der Waals surface area contributed by atoms with Gasteiger partial charge in [-0.2, -0.15) is 0 Å². The normalized spacial score (nSPS) is 13.1. The van der Waals surface area contributed by atoms with Gasteiger partial charge in [-0.15, -0.1) is 0 Å². The second kappa shape index (κ2) is 6.00. The molecule has 0 aromatic heterocycles. The third-order valence-electron chi connectivity index (χ3n) is 2.65. The standard InChI is InChI=1S/C14H21FO/c1-4-5-14(16)12-7-6-11(8-10(2)3)13(15)9-12/h6-7,9-10,14,16H,4-5,8H2,1-3H3/t14-/m1/s1. The Labute approximate surface area is 97.3 Å². The molecule has 0 spiro atoms. The van der Waals surface area contributed by atoms with Gasteiger partial charge in [-0.3, -0.25) is 0 Å². The van der Waals surface area contributed by atoms with E-state index in [4.69, 9.17) is 0 Å². The van der Waals surface area contributed by atoms with Gasteiger partial charge in [0.15, 0.2) is 0 Å². The minimum Gasteiger partial charge on any atom is -0.388 e. The number of aliphatic hydroxyl groups excluding tert-OH is 1. The smallest absolute Gasteiger partial charge is 0.126 e. The molecule has 1 atom stereocenters. The fourth-order valence-electron chi connectivity index (χ4n) is 1.82. The molecule has 0 radical (unpaired) electrons. The van der Waals surface area contributed by atoms with E-state index in [2.05, 4.69) is 13.8 Å². The van der Waals surface area contributed by atoms with E-state index in [0.29, 0.717) is 17.9 Å². The molecule has 1 rings (SSSR count). The third kappa shape index (κ3) is 3.60. The molecule has 0 amide bonds. The van der Waals surface area contributed by atoms with Crippen molar-refractivity contribution in [3.63, 3.8) is 0 Å². The summed E-state index contributed by atoms with van der Waals surface area (Å²) in [6, 6.07) is 5.10. The highest BCUT2D eigenvalue weighted by Gasteiger charge is 2.10. The van der Waals surface area contributed by atoms with Gasteiger partial charge in [0.1, 0.15) is 5.82 Å². The molecule has 1 nitrogen and oxygen atoms in total. The van der Waals surface area contributed by atoms with E-state index < -0.39 is 6.10 Å². The zero-order valence-corrected chi connectivity index (χ0v) is 10.3. The lowest BCUT2D eigenvalue weighted by Crippen LogP contribution is -2.01. The average Bonchev–Trinajstić information content (AvgIpc) is 2.20.